The lowest BCUT2D eigenvalue weighted by Crippen LogP contribution is -2.34. The van der Waals surface area contributed by atoms with Gasteiger partial charge in [-0.05, 0) is 25.0 Å². The van der Waals surface area contributed by atoms with Gasteiger partial charge in [0, 0.05) is 11.8 Å². The standard InChI is InChI=1S/C16H17NO5/c18-15(11-3-1-2-4-12(11)16(19)20)17-10-5-6-13-14(9-10)22-8-7-21-13/h1-2,5-6,9,11-12H,3-4,7-8H2,(H,17,18)(H,19,20)/t11-,12+/m0/s1. The van der Waals surface area contributed by atoms with Crippen LogP contribution < -0.4 is 14.8 Å². The van der Waals surface area contributed by atoms with Gasteiger partial charge in [0.2, 0.25) is 5.91 Å². The van der Waals surface area contributed by atoms with E-state index in [0.29, 0.717) is 43.2 Å². The molecular formula is C16H17NO5. The maximum Gasteiger partial charge on any atom is 0.307 e. The van der Waals surface area contributed by atoms with Crippen LogP contribution in [0.3, 0.4) is 0 Å². The third-order valence-electron chi connectivity index (χ3n) is 3.90. The molecule has 2 aliphatic rings. The molecule has 0 bridgehead atoms. The van der Waals surface area contributed by atoms with E-state index in [-0.39, 0.29) is 5.91 Å². The Balaban J connectivity index is 1.73. The minimum Gasteiger partial charge on any atom is -0.486 e. The Hall–Kier alpha value is -2.50. The number of hydrogen-bond acceptors (Lipinski definition) is 4. The quantitative estimate of drug-likeness (QED) is 0.835. The third-order valence-corrected chi connectivity index (χ3v) is 3.90. The molecule has 0 radical (unpaired) electrons. The van der Waals surface area contributed by atoms with Crippen molar-refractivity contribution in [1.82, 2.24) is 0 Å². The van der Waals surface area contributed by atoms with Crippen LogP contribution in [0.1, 0.15) is 12.8 Å². The van der Waals surface area contributed by atoms with Crippen LogP contribution in [0.5, 0.6) is 11.5 Å². The van der Waals surface area contributed by atoms with E-state index < -0.39 is 17.8 Å². The van der Waals surface area contributed by atoms with E-state index in [1.807, 2.05) is 12.2 Å². The molecule has 0 fully saturated rings. The van der Waals surface area contributed by atoms with Crippen molar-refractivity contribution in [1.29, 1.82) is 0 Å². The fourth-order valence-electron chi connectivity index (χ4n) is 2.73. The minimum atomic E-state index is -0.938. The number of rotatable bonds is 3. The van der Waals surface area contributed by atoms with E-state index in [4.69, 9.17) is 9.47 Å². The van der Waals surface area contributed by atoms with Crippen LogP contribution >= 0.6 is 0 Å². The van der Waals surface area contributed by atoms with Crippen LogP contribution in [0.2, 0.25) is 0 Å². The molecule has 1 aliphatic heterocycles. The molecule has 2 atom stereocenters. The normalized spacial score (nSPS) is 22.9. The fraction of sp³-hybridized carbons (Fsp3) is 0.375. The van der Waals surface area contributed by atoms with Gasteiger partial charge >= 0.3 is 5.97 Å². The number of carbonyl (C=O) groups is 2. The predicted molar refractivity (Wildman–Crippen MR) is 79.1 cm³/mol. The summed E-state index contributed by atoms with van der Waals surface area (Å²) in [7, 11) is 0. The van der Waals surface area contributed by atoms with Crippen LogP contribution in [0.25, 0.3) is 0 Å². The summed E-state index contributed by atoms with van der Waals surface area (Å²) < 4.78 is 10.9. The van der Waals surface area contributed by atoms with Crippen LogP contribution in [0.15, 0.2) is 30.4 Å². The smallest absolute Gasteiger partial charge is 0.307 e. The molecule has 0 unspecified atom stereocenters. The van der Waals surface area contributed by atoms with E-state index >= 15 is 0 Å². The number of nitrogens with one attached hydrogen (secondary N) is 1. The Morgan fingerprint density at radius 1 is 1.05 bits per heavy atom. The van der Waals surface area contributed by atoms with Crippen LogP contribution in [0.4, 0.5) is 5.69 Å². The number of carboxylic acids is 1. The number of amides is 1. The Bertz CT molecular complexity index is 625. The number of fused-ring (bicyclic) bond motifs is 1. The Labute approximate surface area is 127 Å². The zero-order valence-corrected chi connectivity index (χ0v) is 12.0. The van der Waals surface area contributed by atoms with Gasteiger partial charge in [-0.15, -0.1) is 0 Å². The predicted octanol–water partition coefficient (Wildman–Crippen LogP) is 2.06. The van der Waals surface area contributed by atoms with E-state index in [9.17, 15) is 14.7 Å². The van der Waals surface area contributed by atoms with Gasteiger partial charge in [-0.2, -0.15) is 0 Å². The zero-order valence-electron chi connectivity index (χ0n) is 12.0. The fourth-order valence-corrected chi connectivity index (χ4v) is 2.73. The van der Waals surface area contributed by atoms with Crippen molar-refractivity contribution >= 4 is 17.6 Å². The van der Waals surface area contributed by atoms with Crippen molar-refractivity contribution in [3.8, 4) is 11.5 Å². The Kier molecular flexibility index (Phi) is 4.00. The summed E-state index contributed by atoms with van der Waals surface area (Å²) in [4.78, 5) is 23.6. The average Bonchev–Trinajstić information content (AvgIpc) is 2.54. The Morgan fingerprint density at radius 3 is 2.45 bits per heavy atom. The molecule has 1 aromatic carbocycles. The number of benzene rings is 1. The molecule has 6 heteroatoms. The number of aliphatic carboxylic acids is 1. The number of anilines is 1. The first kappa shape index (κ1) is 14.4. The Morgan fingerprint density at radius 2 is 1.73 bits per heavy atom. The summed E-state index contributed by atoms with van der Waals surface area (Å²) in [6.45, 7) is 0.978. The molecule has 116 valence electrons. The molecule has 22 heavy (non-hydrogen) atoms. The minimum absolute atomic E-state index is 0.284. The number of allylic oxidation sites excluding steroid dienone is 2. The third kappa shape index (κ3) is 2.90. The molecule has 0 saturated carbocycles. The second-order valence-corrected chi connectivity index (χ2v) is 5.34. The SMILES string of the molecule is O=C(Nc1ccc2c(c1)OCCO2)[C@H]1CC=CC[C@H]1C(=O)O. The van der Waals surface area contributed by atoms with Gasteiger partial charge in [0.15, 0.2) is 11.5 Å². The van der Waals surface area contributed by atoms with Gasteiger partial charge in [0.1, 0.15) is 13.2 Å². The van der Waals surface area contributed by atoms with Gasteiger partial charge in [-0.1, -0.05) is 12.2 Å². The highest BCUT2D eigenvalue weighted by Gasteiger charge is 2.34. The van der Waals surface area contributed by atoms with E-state index in [1.54, 1.807) is 18.2 Å². The first-order chi connectivity index (χ1) is 10.6. The first-order valence-electron chi connectivity index (χ1n) is 7.23. The second kappa shape index (κ2) is 6.09. The maximum atomic E-state index is 12.4. The summed E-state index contributed by atoms with van der Waals surface area (Å²) in [5.41, 5.74) is 0.577. The summed E-state index contributed by atoms with van der Waals surface area (Å²) in [6, 6.07) is 5.15. The van der Waals surface area contributed by atoms with Crippen LogP contribution in [-0.2, 0) is 9.59 Å². The monoisotopic (exact) mass is 303 g/mol. The van der Waals surface area contributed by atoms with E-state index in [0.717, 1.165) is 0 Å². The second-order valence-electron chi connectivity index (χ2n) is 5.34. The highest BCUT2D eigenvalue weighted by atomic mass is 16.6. The lowest BCUT2D eigenvalue weighted by molar-refractivity contribution is -0.146. The number of carboxylic acid groups (broad SMARTS) is 1. The summed E-state index contributed by atoms with van der Waals surface area (Å²) >= 11 is 0. The number of ether oxygens (including phenoxy) is 2. The molecular weight excluding hydrogens is 286 g/mol. The lowest BCUT2D eigenvalue weighted by Gasteiger charge is -2.24. The van der Waals surface area contributed by atoms with Gasteiger partial charge in [0.05, 0.1) is 11.8 Å². The molecule has 1 heterocycles. The van der Waals surface area contributed by atoms with Crippen molar-refractivity contribution in [2.24, 2.45) is 11.8 Å². The lowest BCUT2D eigenvalue weighted by atomic mass is 9.82. The molecule has 3 rings (SSSR count). The molecule has 0 saturated heterocycles. The molecule has 1 amide bonds. The molecule has 1 aliphatic carbocycles. The summed E-state index contributed by atoms with van der Waals surface area (Å²) in [5, 5.41) is 12.0. The average molecular weight is 303 g/mol. The molecule has 1 aromatic rings. The first-order valence-corrected chi connectivity index (χ1v) is 7.23. The highest BCUT2D eigenvalue weighted by Crippen LogP contribution is 2.33. The van der Waals surface area contributed by atoms with Crippen molar-refractivity contribution in [2.45, 2.75) is 12.8 Å². The zero-order chi connectivity index (χ0) is 15.5. The van der Waals surface area contributed by atoms with Crippen molar-refractivity contribution in [3.05, 3.63) is 30.4 Å². The topological polar surface area (TPSA) is 84.9 Å². The van der Waals surface area contributed by atoms with Gasteiger partial charge in [-0.25, -0.2) is 0 Å². The highest BCUT2D eigenvalue weighted by molar-refractivity contribution is 5.95. The molecule has 0 spiro atoms. The van der Waals surface area contributed by atoms with Crippen molar-refractivity contribution in [3.63, 3.8) is 0 Å². The molecule has 0 aromatic heterocycles. The van der Waals surface area contributed by atoms with Gasteiger partial charge in [-0.3, -0.25) is 9.59 Å². The van der Waals surface area contributed by atoms with Crippen LogP contribution in [-0.4, -0.2) is 30.2 Å². The molecule has 6 nitrogen and oxygen atoms in total. The summed E-state index contributed by atoms with van der Waals surface area (Å²) in [5.74, 6) is -1.23. The number of carbonyl (C=O) groups excluding carboxylic acids is 1. The van der Waals surface area contributed by atoms with Crippen LogP contribution in [0, 0.1) is 11.8 Å². The van der Waals surface area contributed by atoms with Crippen molar-refractivity contribution in [2.75, 3.05) is 18.5 Å². The summed E-state index contributed by atoms with van der Waals surface area (Å²) in [6.07, 6.45) is 4.49. The van der Waals surface area contributed by atoms with Gasteiger partial charge < -0.3 is 19.9 Å². The van der Waals surface area contributed by atoms with E-state index in [1.165, 1.54) is 0 Å². The largest absolute Gasteiger partial charge is 0.486 e. The van der Waals surface area contributed by atoms with Gasteiger partial charge in [0.25, 0.3) is 0 Å². The molecule has 2 N–H and O–H groups in total. The van der Waals surface area contributed by atoms with E-state index in [2.05, 4.69) is 5.32 Å². The number of hydrogen-bond donors (Lipinski definition) is 2. The maximum absolute atomic E-state index is 12.4. The van der Waals surface area contributed by atoms with Crippen molar-refractivity contribution < 1.29 is 24.2 Å².